The summed E-state index contributed by atoms with van der Waals surface area (Å²) in [6.45, 7) is 6.89. The minimum Gasteiger partial charge on any atom is -0.371 e. The van der Waals surface area contributed by atoms with Crippen molar-refractivity contribution in [3.8, 4) is 0 Å². The van der Waals surface area contributed by atoms with Crippen molar-refractivity contribution in [2.24, 2.45) is 0 Å². The molecule has 2 heterocycles. The van der Waals surface area contributed by atoms with E-state index in [1.165, 1.54) is 12.1 Å². The summed E-state index contributed by atoms with van der Waals surface area (Å²) in [5, 5.41) is 3.33. The second kappa shape index (κ2) is 6.71. The fraction of sp³-hybridized carbons (Fsp3) is 0.625. The Hall–Kier alpha value is -1.20. The van der Waals surface area contributed by atoms with Crippen LogP contribution in [0, 0.1) is 11.6 Å². The van der Waals surface area contributed by atoms with Crippen LogP contribution < -0.4 is 10.2 Å². The lowest BCUT2D eigenvalue weighted by Crippen LogP contribution is -2.44. The maximum absolute atomic E-state index is 13.6. The number of hydrogen-bond donors (Lipinski definition) is 1. The number of anilines is 1. The van der Waals surface area contributed by atoms with Crippen LogP contribution in [-0.4, -0.2) is 50.7 Å². The average molecular weight is 295 g/mol. The summed E-state index contributed by atoms with van der Waals surface area (Å²) in [7, 11) is 0. The number of hydrogen-bond acceptors (Lipinski definition) is 3. The van der Waals surface area contributed by atoms with Crippen LogP contribution in [0.2, 0.25) is 0 Å². The summed E-state index contributed by atoms with van der Waals surface area (Å²) in [5.74, 6) is -1.46. The zero-order valence-electron chi connectivity index (χ0n) is 12.4. The first-order valence-corrected chi connectivity index (χ1v) is 7.90. The van der Waals surface area contributed by atoms with E-state index in [2.05, 4.69) is 15.1 Å². The Balaban J connectivity index is 1.73. The van der Waals surface area contributed by atoms with Gasteiger partial charge in [-0.1, -0.05) is 0 Å². The van der Waals surface area contributed by atoms with E-state index in [9.17, 15) is 8.78 Å². The minimum atomic E-state index is -0.733. The third-order valence-corrected chi connectivity index (χ3v) is 4.48. The van der Waals surface area contributed by atoms with Crippen LogP contribution in [-0.2, 0) is 6.42 Å². The lowest BCUT2D eigenvalue weighted by Gasteiger charge is -2.28. The van der Waals surface area contributed by atoms with E-state index in [1.807, 2.05) is 0 Å². The molecule has 0 amide bonds. The van der Waals surface area contributed by atoms with Gasteiger partial charge in [-0.15, -0.1) is 0 Å². The summed E-state index contributed by atoms with van der Waals surface area (Å²) in [5.41, 5.74) is 1.83. The standard InChI is InChI=1S/C16H23F2N3/c17-14-11-13(3-8-20-9-4-19-5-10-20)16(12-15(14)18)21-6-1-2-7-21/h11-12,19H,1-10H2. The SMILES string of the molecule is Fc1cc(CCN2CCNCC2)c(N2CCCC2)cc1F. The predicted octanol–water partition coefficient (Wildman–Crippen LogP) is 2.01. The smallest absolute Gasteiger partial charge is 0.160 e. The molecule has 2 saturated heterocycles. The third-order valence-electron chi connectivity index (χ3n) is 4.48. The van der Waals surface area contributed by atoms with Gasteiger partial charge in [0, 0.05) is 57.6 Å². The van der Waals surface area contributed by atoms with Crippen LogP contribution in [0.5, 0.6) is 0 Å². The summed E-state index contributed by atoms with van der Waals surface area (Å²) >= 11 is 0. The zero-order valence-corrected chi connectivity index (χ0v) is 12.4. The van der Waals surface area contributed by atoms with Gasteiger partial charge in [0.1, 0.15) is 0 Å². The summed E-state index contributed by atoms with van der Waals surface area (Å²) < 4.78 is 27.2. The highest BCUT2D eigenvalue weighted by molar-refractivity contribution is 5.55. The second-order valence-corrected chi connectivity index (χ2v) is 5.93. The predicted molar refractivity (Wildman–Crippen MR) is 80.8 cm³/mol. The van der Waals surface area contributed by atoms with E-state index in [0.29, 0.717) is 0 Å². The summed E-state index contributed by atoms with van der Waals surface area (Å²) in [4.78, 5) is 4.57. The number of halogens is 2. The second-order valence-electron chi connectivity index (χ2n) is 5.93. The molecule has 0 saturated carbocycles. The van der Waals surface area contributed by atoms with Gasteiger partial charge in [-0.05, 0) is 30.9 Å². The van der Waals surface area contributed by atoms with Gasteiger partial charge in [0.25, 0.3) is 0 Å². The van der Waals surface area contributed by atoms with Crippen LogP contribution in [0.25, 0.3) is 0 Å². The molecule has 1 aromatic carbocycles. The Morgan fingerprint density at radius 2 is 1.62 bits per heavy atom. The van der Waals surface area contributed by atoms with Gasteiger partial charge in [0.15, 0.2) is 11.6 Å². The van der Waals surface area contributed by atoms with Crippen LogP contribution in [0.15, 0.2) is 12.1 Å². The normalized spacial score (nSPS) is 20.2. The molecule has 2 aliphatic heterocycles. The maximum Gasteiger partial charge on any atom is 0.160 e. The summed E-state index contributed by atoms with van der Waals surface area (Å²) in [6.07, 6.45) is 3.05. The number of rotatable bonds is 4. The molecule has 0 atom stereocenters. The molecule has 0 spiro atoms. The fourth-order valence-corrected chi connectivity index (χ4v) is 3.24. The zero-order chi connectivity index (χ0) is 14.7. The molecule has 3 nitrogen and oxygen atoms in total. The molecule has 2 fully saturated rings. The average Bonchev–Trinajstić information content (AvgIpc) is 3.03. The monoisotopic (exact) mass is 295 g/mol. The summed E-state index contributed by atoms with van der Waals surface area (Å²) in [6, 6.07) is 2.78. The number of benzene rings is 1. The van der Waals surface area contributed by atoms with E-state index in [1.54, 1.807) is 0 Å². The number of piperazine rings is 1. The Kier molecular flexibility index (Phi) is 4.70. The van der Waals surface area contributed by atoms with E-state index >= 15 is 0 Å². The van der Waals surface area contributed by atoms with Crippen LogP contribution in [0.3, 0.4) is 0 Å². The highest BCUT2D eigenvalue weighted by Crippen LogP contribution is 2.27. The van der Waals surface area contributed by atoms with E-state index in [0.717, 1.165) is 76.3 Å². The molecule has 3 rings (SSSR count). The molecule has 0 radical (unpaired) electrons. The first kappa shape index (κ1) is 14.7. The fourth-order valence-electron chi connectivity index (χ4n) is 3.24. The number of nitrogens with zero attached hydrogens (tertiary/aromatic N) is 2. The first-order valence-electron chi connectivity index (χ1n) is 7.90. The van der Waals surface area contributed by atoms with Crippen molar-refractivity contribution in [1.82, 2.24) is 10.2 Å². The Bertz CT molecular complexity index is 481. The third kappa shape index (κ3) is 3.52. The van der Waals surface area contributed by atoms with Gasteiger partial charge in [-0.2, -0.15) is 0 Å². The van der Waals surface area contributed by atoms with Crippen molar-refractivity contribution < 1.29 is 8.78 Å². The van der Waals surface area contributed by atoms with E-state index in [-0.39, 0.29) is 0 Å². The molecule has 5 heteroatoms. The van der Waals surface area contributed by atoms with Gasteiger partial charge < -0.3 is 15.1 Å². The van der Waals surface area contributed by atoms with Crippen molar-refractivity contribution in [2.75, 3.05) is 50.7 Å². The molecule has 116 valence electrons. The van der Waals surface area contributed by atoms with E-state index in [4.69, 9.17) is 0 Å². The lowest BCUT2D eigenvalue weighted by atomic mass is 10.1. The highest BCUT2D eigenvalue weighted by atomic mass is 19.2. The van der Waals surface area contributed by atoms with Crippen molar-refractivity contribution in [3.63, 3.8) is 0 Å². The van der Waals surface area contributed by atoms with Gasteiger partial charge in [-0.25, -0.2) is 8.78 Å². The van der Waals surface area contributed by atoms with Gasteiger partial charge in [0.2, 0.25) is 0 Å². The molecule has 21 heavy (non-hydrogen) atoms. The first-order chi connectivity index (χ1) is 10.2. The van der Waals surface area contributed by atoms with Crippen LogP contribution in [0.1, 0.15) is 18.4 Å². The highest BCUT2D eigenvalue weighted by Gasteiger charge is 2.19. The quantitative estimate of drug-likeness (QED) is 0.917. The van der Waals surface area contributed by atoms with Gasteiger partial charge >= 0.3 is 0 Å². The lowest BCUT2D eigenvalue weighted by molar-refractivity contribution is 0.244. The van der Waals surface area contributed by atoms with Crippen molar-refractivity contribution >= 4 is 5.69 Å². The maximum atomic E-state index is 13.6. The Morgan fingerprint density at radius 3 is 2.33 bits per heavy atom. The molecule has 1 aromatic rings. The Morgan fingerprint density at radius 1 is 0.952 bits per heavy atom. The molecule has 0 aliphatic carbocycles. The van der Waals surface area contributed by atoms with Crippen molar-refractivity contribution in [2.45, 2.75) is 19.3 Å². The van der Waals surface area contributed by atoms with Gasteiger partial charge in [-0.3, -0.25) is 0 Å². The van der Waals surface area contributed by atoms with Crippen molar-refractivity contribution in [1.29, 1.82) is 0 Å². The molecular weight excluding hydrogens is 272 g/mol. The van der Waals surface area contributed by atoms with E-state index < -0.39 is 11.6 Å². The Labute approximate surface area is 124 Å². The molecule has 1 N–H and O–H groups in total. The molecular formula is C16H23F2N3. The largest absolute Gasteiger partial charge is 0.371 e. The molecule has 0 aromatic heterocycles. The van der Waals surface area contributed by atoms with Crippen LogP contribution in [0.4, 0.5) is 14.5 Å². The molecule has 2 aliphatic rings. The molecule has 0 bridgehead atoms. The number of nitrogens with one attached hydrogen (secondary N) is 1. The minimum absolute atomic E-state index is 0.728. The van der Waals surface area contributed by atoms with Gasteiger partial charge in [0.05, 0.1) is 0 Å². The topological polar surface area (TPSA) is 18.5 Å². The van der Waals surface area contributed by atoms with Crippen molar-refractivity contribution in [3.05, 3.63) is 29.3 Å². The molecule has 0 unspecified atom stereocenters. The van der Waals surface area contributed by atoms with Crippen LogP contribution >= 0.6 is 0 Å².